The number of nitrogens with zero attached hydrogens (tertiary/aromatic N) is 3. The van der Waals surface area contributed by atoms with Crippen LogP contribution in [0, 0.1) is 0 Å². The monoisotopic (exact) mass is 400 g/mol. The lowest BCUT2D eigenvalue weighted by Gasteiger charge is -2.33. The molecule has 6 nitrogen and oxygen atoms in total. The summed E-state index contributed by atoms with van der Waals surface area (Å²) in [6.45, 7) is 7.99. The molecule has 0 saturated heterocycles. The molecular formula is C21H28N4O2S. The maximum Gasteiger partial charge on any atom is 0.147 e. The van der Waals surface area contributed by atoms with E-state index in [9.17, 15) is 0 Å². The third-order valence-electron chi connectivity index (χ3n) is 5.31. The van der Waals surface area contributed by atoms with Gasteiger partial charge < -0.3 is 15.2 Å². The number of ether oxygens (including phenoxy) is 1. The Morgan fingerprint density at radius 1 is 1.25 bits per heavy atom. The first kappa shape index (κ1) is 19.5. The molecule has 4 heterocycles. The number of unbranched alkanes of at least 4 members (excludes halogenated alkanes) is 1. The second kappa shape index (κ2) is 7.89. The highest BCUT2D eigenvalue weighted by Crippen LogP contribution is 2.42. The van der Waals surface area contributed by atoms with Gasteiger partial charge in [0.25, 0.3) is 0 Å². The molecular weight excluding hydrogens is 372 g/mol. The quantitative estimate of drug-likeness (QED) is 0.578. The molecule has 4 rings (SSSR count). The molecule has 7 heteroatoms. The summed E-state index contributed by atoms with van der Waals surface area (Å²) in [6, 6.07) is 0. The Bertz CT molecular complexity index is 999. The molecule has 3 aromatic rings. The third-order valence-corrected chi connectivity index (χ3v) is 6.39. The highest BCUT2D eigenvalue weighted by atomic mass is 32.1. The predicted octanol–water partition coefficient (Wildman–Crippen LogP) is 4.23. The lowest BCUT2D eigenvalue weighted by atomic mass is 9.88. The van der Waals surface area contributed by atoms with Crippen molar-refractivity contribution in [2.75, 3.05) is 18.5 Å². The molecule has 0 atom stereocenters. The van der Waals surface area contributed by atoms with E-state index in [0.29, 0.717) is 19.6 Å². The Morgan fingerprint density at radius 2 is 2.11 bits per heavy atom. The van der Waals surface area contributed by atoms with Crippen LogP contribution in [-0.2, 0) is 24.2 Å². The fourth-order valence-electron chi connectivity index (χ4n) is 3.84. The average Bonchev–Trinajstić information content (AvgIpc) is 3.05. The summed E-state index contributed by atoms with van der Waals surface area (Å²) < 4.78 is 7.18. The van der Waals surface area contributed by atoms with Gasteiger partial charge in [0.2, 0.25) is 0 Å². The van der Waals surface area contributed by atoms with Crippen molar-refractivity contribution in [1.82, 2.24) is 15.0 Å². The van der Waals surface area contributed by atoms with E-state index in [-0.39, 0.29) is 12.2 Å². The molecule has 150 valence electrons. The number of anilines is 1. The molecule has 0 bridgehead atoms. The van der Waals surface area contributed by atoms with Crippen LogP contribution in [0.5, 0.6) is 0 Å². The molecule has 1 aliphatic heterocycles. The Labute approximate surface area is 169 Å². The first-order valence-electron chi connectivity index (χ1n) is 10.1. The number of aromatic nitrogens is 3. The minimum Gasteiger partial charge on any atom is -0.396 e. The van der Waals surface area contributed by atoms with Gasteiger partial charge in [-0.15, -0.1) is 11.3 Å². The fourth-order valence-corrected chi connectivity index (χ4v) is 4.98. The van der Waals surface area contributed by atoms with Crippen LogP contribution < -0.4 is 5.32 Å². The highest BCUT2D eigenvalue weighted by molar-refractivity contribution is 7.26. The summed E-state index contributed by atoms with van der Waals surface area (Å²) >= 11 is 1.66. The van der Waals surface area contributed by atoms with Crippen molar-refractivity contribution in [2.45, 2.75) is 65.1 Å². The molecule has 0 radical (unpaired) electrons. The molecule has 3 aromatic heterocycles. The smallest absolute Gasteiger partial charge is 0.147 e. The van der Waals surface area contributed by atoms with E-state index in [2.05, 4.69) is 36.1 Å². The Balaban J connectivity index is 1.90. The van der Waals surface area contributed by atoms with Gasteiger partial charge in [0, 0.05) is 36.2 Å². The minimum atomic E-state index is -0.188. The molecule has 0 saturated carbocycles. The predicted molar refractivity (Wildman–Crippen MR) is 114 cm³/mol. The first-order valence-corrected chi connectivity index (χ1v) is 10.9. The number of hydrogen-bond acceptors (Lipinski definition) is 7. The second-order valence-electron chi connectivity index (χ2n) is 8.03. The SMILES string of the molecule is CCCCc1nc2sc3c(NCCCO)ncnc3c2c2c1COC(C)(C)C2. The molecule has 28 heavy (non-hydrogen) atoms. The van der Waals surface area contributed by atoms with E-state index in [0.717, 1.165) is 46.5 Å². The van der Waals surface area contributed by atoms with Crippen molar-refractivity contribution in [3.63, 3.8) is 0 Å². The molecule has 0 amide bonds. The van der Waals surface area contributed by atoms with E-state index in [1.807, 2.05) is 0 Å². The summed E-state index contributed by atoms with van der Waals surface area (Å²) in [5, 5.41) is 13.6. The van der Waals surface area contributed by atoms with Crippen molar-refractivity contribution < 1.29 is 9.84 Å². The largest absolute Gasteiger partial charge is 0.396 e. The van der Waals surface area contributed by atoms with Gasteiger partial charge >= 0.3 is 0 Å². The van der Waals surface area contributed by atoms with Crippen LogP contribution in [0.3, 0.4) is 0 Å². The maximum absolute atomic E-state index is 9.06. The number of hydrogen-bond donors (Lipinski definition) is 2. The van der Waals surface area contributed by atoms with Crippen molar-refractivity contribution in [3.8, 4) is 0 Å². The van der Waals surface area contributed by atoms with Crippen molar-refractivity contribution in [3.05, 3.63) is 23.1 Å². The Hall–Kier alpha value is -1.83. The van der Waals surface area contributed by atoms with Crippen LogP contribution >= 0.6 is 11.3 Å². The molecule has 0 fully saturated rings. The van der Waals surface area contributed by atoms with Crippen LogP contribution in [0.25, 0.3) is 20.4 Å². The van der Waals surface area contributed by atoms with E-state index in [1.54, 1.807) is 17.7 Å². The minimum absolute atomic E-state index is 0.165. The number of pyridine rings is 1. The van der Waals surface area contributed by atoms with Crippen LogP contribution in [0.15, 0.2) is 6.33 Å². The standard InChI is InChI=1S/C21H28N4O2S/c1-4-5-7-15-14-11-27-21(2,3)10-13(14)16-17-18(28-20(16)25-15)19(24-12-23-17)22-8-6-9-26/h12,26H,4-11H2,1-3H3,(H,22,23,24). The number of aliphatic hydroxyl groups is 1. The Morgan fingerprint density at radius 3 is 2.89 bits per heavy atom. The zero-order valence-electron chi connectivity index (χ0n) is 16.8. The highest BCUT2D eigenvalue weighted by Gasteiger charge is 2.31. The molecule has 0 aromatic carbocycles. The molecule has 0 spiro atoms. The van der Waals surface area contributed by atoms with Crippen molar-refractivity contribution in [1.29, 1.82) is 0 Å². The van der Waals surface area contributed by atoms with E-state index in [1.165, 1.54) is 22.2 Å². The molecule has 0 unspecified atom stereocenters. The number of nitrogens with one attached hydrogen (secondary N) is 1. The van der Waals surface area contributed by atoms with Crippen molar-refractivity contribution in [2.24, 2.45) is 0 Å². The topological polar surface area (TPSA) is 80.2 Å². The summed E-state index contributed by atoms with van der Waals surface area (Å²) in [7, 11) is 0. The first-order chi connectivity index (χ1) is 13.5. The summed E-state index contributed by atoms with van der Waals surface area (Å²) in [4.78, 5) is 15.2. The zero-order valence-corrected chi connectivity index (χ0v) is 17.7. The lowest BCUT2D eigenvalue weighted by Crippen LogP contribution is -2.32. The van der Waals surface area contributed by atoms with Gasteiger partial charge in [-0.05, 0) is 38.7 Å². The Kier molecular flexibility index (Phi) is 5.49. The van der Waals surface area contributed by atoms with Gasteiger partial charge in [0.15, 0.2) is 0 Å². The van der Waals surface area contributed by atoms with Gasteiger partial charge in [-0.3, -0.25) is 0 Å². The maximum atomic E-state index is 9.06. The molecule has 2 N–H and O–H groups in total. The zero-order chi connectivity index (χ0) is 19.7. The number of thiophene rings is 1. The second-order valence-corrected chi connectivity index (χ2v) is 9.03. The van der Waals surface area contributed by atoms with Crippen molar-refractivity contribution >= 4 is 37.6 Å². The number of aliphatic hydroxyl groups excluding tert-OH is 1. The van der Waals surface area contributed by atoms with E-state index < -0.39 is 0 Å². The number of rotatable bonds is 7. The van der Waals surface area contributed by atoms with Gasteiger partial charge in [0.05, 0.1) is 22.4 Å². The van der Waals surface area contributed by atoms with E-state index >= 15 is 0 Å². The van der Waals surface area contributed by atoms with Gasteiger partial charge in [0.1, 0.15) is 17.0 Å². The average molecular weight is 401 g/mol. The van der Waals surface area contributed by atoms with Gasteiger partial charge in [-0.1, -0.05) is 13.3 Å². The number of aryl methyl sites for hydroxylation is 1. The number of fused-ring (bicyclic) bond motifs is 5. The van der Waals surface area contributed by atoms with Crippen LogP contribution in [0.4, 0.5) is 5.82 Å². The molecule has 1 aliphatic rings. The van der Waals surface area contributed by atoms with Crippen LogP contribution in [-0.4, -0.2) is 38.8 Å². The normalized spacial score (nSPS) is 15.9. The lowest BCUT2D eigenvalue weighted by molar-refractivity contribution is -0.0401. The van der Waals surface area contributed by atoms with Gasteiger partial charge in [-0.2, -0.15) is 0 Å². The molecule has 0 aliphatic carbocycles. The van der Waals surface area contributed by atoms with Crippen LogP contribution in [0.1, 0.15) is 56.9 Å². The summed E-state index contributed by atoms with van der Waals surface area (Å²) in [6.07, 6.45) is 6.45. The summed E-state index contributed by atoms with van der Waals surface area (Å²) in [5.74, 6) is 0.830. The third kappa shape index (κ3) is 3.58. The summed E-state index contributed by atoms with van der Waals surface area (Å²) in [5.41, 5.74) is 4.57. The fraction of sp³-hybridized carbons (Fsp3) is 0.571. The van der Waals surface area contributed by atoms with E-state index in [4.69, 9.17) is 14.8 Å². The van der Waals surface area contributed by atoms with Gasteiger partial charge in [-0.25, -0.2) is 15.0 Å². The van der Waals surface area contributed by atoms with Crippen LogP contribution in [0.2, 0.25) is 0 Å².